The van der Waals surface area contributed by atoms with Crippen molar-refractivity contribution in [3.05, 3.63) is 17.6 Å². The minimum Gasteiger partial charge on any atom is -0.383 e. The molecule has 1 aromatic heterocycles. The van der Waals surface area contributed by atoms with E-state index in [0.717, 1.165) is 24.1 Å². The van der Waals surface area contributed by atoms with E-state index in [1.165, 1.54) is 6.33 Å². The van der Waals surface area contributed by atoms with E-state index < -0.39 is 0 Å². The molecule has 3 heterocycles. The predicted octanol–water partition coefficient (Wildman–Crippen LogP) is 0.202. The summed E-state index contributed by atoms with van der Waals surface area (Å²) < 4.78 is 0. The monoisotopic (exact) mass is 303 g/mol. The fourth-order valence-corrected chi connectivity index (χ4v) is 3.27. The van der Waals surface area contributed by atoms with Gasteiger partial charge in [0.05, 0.1) is 12.2 Å². The Morgan fingerprint density at radius 2 is 1.91 bits per heavy atom. The highest BCUT2D eigenvalue weighted by Gasteiger charge is 2.31. The fourth-order valence-electron chi connectivity index (χ4n) is 3.27. The molecule has 0 bridgehead atoms. The Bertz CT molecular complexity index is 596. The number of hydrogen-bond acceptors (Lipinski definition) is 5. The van der Waals surface area contributed by atoms with Gasteiger partial charge in [0, 0.05) is 38.0 Å². The molecule has 0 aromatic carbocycles. The molecule has 2 N–H and O–H groups in total. The number of piperidine rings is 1. The molecule has 0 spiro atoms. The first-order valence-corrected chi connectivity index (χ1v) is 7.68. The van der Waals surface area contributed by atoms with Crippen LogP contribution in [0.15, 0.2) is 6.33 Å². The summed E-state index contributed by atoms with van der Waals surface area (Å²) in [6.45, 7) is 4.09. The zero-order chi connectivity index (χ0) is 15.7. The van der Waals surface area contributed by atoms with Crippen molar-refractivity contribution in [3.8, 4) is 0 Å². The molecule has 0 saturated carbocycles. The summed E-state index contributed by atoms with van der Waals surface area (Å²) in [6.07, 6.45) is 3.65. The molecular weight excluding hydrogens is 282 g/mol. The van der Waals surface area contributed by atoms with Crippen LogP contribution in [0.4, 0.5) is 5.82 Å². The van der Waals surface area contributed by atoms with E-state index in [2.05, 4.69) is 9.97 Å². The van der Waals surface area contributed by atoms with E-state index in [9.17, 15) is 9.59 Å². The first-order valence-electron chi connectivity index (χ1n) is 7.68. The maximum Gasteiger partial charge on any atom is 0.226 e. The topological polar surface area (TPSA) is 92.4 Å². The summed E-state index contributed by atoms with van der Waals surface area (Å²) in [4.78, 5) is 36.0. The Morgan fingerprint density at radius 3 is 2.59 bits per heavy atom. The van der Waals surface area contributed by atoms with E-state index in [4.69, 9.17) is 5.73 Å². The first kappa shape index (κ1) is 14.7. The van der Waals surface area contributed by atoms with Crippen LogP contribution in [0.5, 0.6) is 0 Å². The lowest BCUT2D eigenvalue weighted by Crippen LogP contribution is -2.45. The van der Waals surface area contributed by atoms with Crippen molar-refractivity contribution in [2.75, 3.05) is 25.4 Å². The number of nitrogens with two attached hydrogens (primary N) is 1. The van der Waals surface area contributed by atoms with Gasteiger partial charge in [-0.25, -0.2) is 9.97 Å². The second-order valence-electron chi connectivity index (χ2n) is 5.97. The van der Waals surface area contributed by atoms with Crippen molar-refractivity contribution in [1.29, 1.82) is 0 Å². The van der Waals surface area contributed by atoms with Crippen molar-refractivity contribution in [1.82, 2.24) is 19.8 Å². The second kappa shape index (κ2) is 5.90. The van der Waals surface area contributed by atoms with Crippen LogP contribution < -0.4 is 5.73 Å². The largest absolute Gasteiger partial charge is 0.383 e. The maximum atomic E-state index is 12.7. The highest BCUT2D eigenvalue weighted by molar-refractivity contribution is 5.80. The van der Waals surface area contributed by atoms with Crippen LogP contribution in [-0.2, 0) is 22.6 Å². The number of hydrogen-bond donors (Lipinski definition) is 1. The quantitative estimate of drug-likeness (QED) is 0.800. The molecule has 0 unspecified atom stereocenters. The standard InChI is InChI=1S/C15H21N5O2/c1-10(21)19-5-2-11(3-6-19)15(22)20-7-4-12-13(8-20)17-9-18-14(12)16/h9,11H,2-8H2,1H3,(H2,16,17,18). The van der Waals surface area contributed by atoms with Crippen molar-refractivity contribution >= 4 is 17.6 Å². The van der Waals surface area contributed by atoms with Crippen LogP contribution in [0, 0.1) is 5.92 Å². The number of nitrogens with zero attached hydrogens (tertiary/aromatic N) is 4. The van der Waals surface area contributed by atoms with Crippen LogP contribution >= 0.6 is 0 Å². The minimum absolute atomic E-state index is 0.0105. The first-order chi connectivity index (χ1) is 10.6. The van der Waals surface area contributed by atoms with Gasteiger partial charge >= 0.3 is 0 Å². The number of nitrogen functional groups attached to an aromatic ring is 1. The number of anilines is 1. The summed E-state index contributed by atoms with van der Waals surface area (Å²) in [5.74, 6) is 0.791. The van der Waals surface area contributed by atoms with Gasteiger partial charge in [0.25, 0.3) is 0 Å². The molecule has 0 atom stereocenters. The van der Waals surface area contributed by atoms with Crippen LogP contribution in [-0.4, -0.2) is 51.2 Å². The summed E-state index contributed by atoms with van der Waals surface area (Å²) in [5.41, 5.74) is 7.68. The number of rotatable bonds is 1. The molecule has 2 aliphatic heterocycles. The molecule has 3 rings (SSSR count). The van der Waals surface area contributed by atoms with Gasteiger partial charge in [0.2, 0.25) is 11.8 Å². The second-order valence-corrected chi connectivity index (χ2v) is 5.97. The number of carbonyl (C=O) groups excluding carboxylic acids is 2. The molecule has 2 amide bonds. The minimum atomic E-state index is 0.0105. The van der Waals surface area contributed by atoms with Gasteiger partial charge in [-0.1, -0.05) is 0 Å². The molecule has 2 aliphatic rings. The normalized spacial score (nSPS) is 19.0. The maximum absolute atomic E-state index is 12.7. The van der Waals surface area contributed by atoms with Gasteiger partial charge in [-0.15, -0.1) is 0 Å². The predicted molar refractivity (Wildman–Crippen MR) is 80.5 cm³/mol. The smallest absolute Gasteiger partial charge is 0.226 e. The van der Waals surface area contributed by atoms with Gasteiger partial charge < -0.3 is 15.5 Å². The van der Waals surface area contributed by atoms with Gasteiger partial charge in [0.1, 0.15) is 12.1 Å². The van der Waals surface area contributed by atoms with Crippen LogP contribution in [0.25, 0.3) is 0 Å². The Morgan fingerprint density at radius 1 is 1.18 bits per heavy atom. The van der Waals surface area contributed by atoms with Crippen molar-refractivity contribution in [3.63, 3.8) is 0 Å². The molecule has 7 heteroatoms. The third-order valence-electron chi connectivity index (χ3n) is 4.64. The number of fused-ring (bicyclic) bond motifs is 1. The summed E-state index contributed by atoms with van der Waals surface area (Å²) >= 11 is 0. The number of carbonyl (C=O) groups is 2. The molecule has 22 heavy (non-hydrogen) atoms. The van der Waals surface area contributed by atoms with E-state index in [1.54, 1.807) is 6.92 Å². The third kappa shape index (κ3) is 2.75. The summed E-state index contributed by atoms with van der Waals surface area (Å²) in [5, 5.41) is 0. The van der Waals surface area contributed by atoms with Gasteiger partial charge in [-0.05, 0) is 19.3 Å². The third-order valence-corrected chi connectivity index (χ3v) is 4.64. The molecule has 0 radical (unpaired) electrons. The van der Waals surface area contributed by atoms with E-state index in [0.29, 0.717) is 38.4 Å². The zero-order valence-corrected chi connectivity index (χ0v) is 12.8. The van der Waals surface area contributed by atoms with E-state index >= 15 is 0 Å². The molecule has 1 fully saturated rings. The highest BCUT2D eigenvalue weighted by atomic mass is 16.2. The fraction of sp³-hybridized carbons (Fsp3) is 0.600. The molecular formula is C15H21N5O2. The van der Waals surface area contributed by atoms with Crippen LogP contribution in [0.3, 0.4) is 0 Å². The van der Waals surface area contributed by atoms with Gasteiger partial charge in [-0.2, -0.15) is 0 Å². The molecule has 7 nitrogen and oxygen atoms in total. The Balaban J connectivity index is 1.64. The van der Waals surface area contributed by atoms with Crippen LogP contribution in [0.1, 0.15) is 31.0 Å². The average molecular weight is 303 g/mol. The van der Waals surface area contributed by atoms with Crippen molar-refractivity contribution < 1.29 is 9.59 Å². The molecule has 1 saturated heterocycles. The Labute approximate surface area is 129 Å². The molecule has 1 aromatic rings. The lowest BCUT2D eigenvalue weighted by Gasteiger charge is -2.35. The number of amides is 2. The lowest BCUT2D eigenvalue weighted by molar-refractivity contribution is -0.140. The van der Waals surface area contributed by atoms with E-state index in [-0.39, 0.29) is 17.7 Å². The van der Waals surface area contributed by atoms with Crippen LogP contribution in [0.2, 0.25) is 0 Å². The van der Waals surface area contributed by atoms with E-state index in [1.807, 2.05) is 9.80 Å². The zero-order valence-electron chi connectivity index (χ0n) is 12.8. The van der Waals surface area contributed by atoms with Crippen molar-refractivity contribution in [2.24, 2.45) is 5.92 Å². The summed E-state index contributed by atoms with van der Waals surface area (Å²) in [7, 11) is 0. The SMILES string of the molecule is CC(=O)N1CCC(C(=O)N2CCc3c(N)ncnc3C2)CC1. The average Bonchev–Trinajstić information content (AvgIpc) is 2.54. The Kier molecular flexibility index (Phi) is 3.96. The van der Waals surface area contributed by atoms with Gasteiger partial charge in [0.15, 0.2) is 0 Å². The number of aromatic nitrogens is 2. The lowest BCUT2D eigenvalue weighted by atomic mass is 9.94. The van der Waals surface area contributed by atoms with Gasteiger partial charge in [-0.3, -0.25) is 9.59 Å². The summed E-state index contributed by atoms with van der Waals surface area (Å²) in [6, 6.07) is 0. The molecule has 0 aliphatic carbocycles. The number of likely N-dealkylation sites (tertiary alicyclic amines) is 1. The Hall–Kier alpha value is -2.18. The highest BCUT2D eigenvalue weighted by Crippen LogP contribution is 2.25. The molecule has 118 valence electrons. The van der Waals surface area contributed by atoms with Crippen molar-refractivity contribution in [2.45, 2.75) is 32.7 Å².